The highest BCUT2D eigenvalue weighted by atomic mass is 32.2. The Morgan fingerprint density at radius 3 is 2.41 bits per heavy atom. The number of amides is 1. The molecule has 0 fully saturated rings. The molecule has 1 heterocycles. The van der Waals surface area contributed by atoms with Crippen molar-refractivity contribution in [1.29, 1.82) is 0 Å². The molecule has 0 spiro atoms. The number of benzene rings is 3. The number of fused-ring (bicyclic) bond motifs is 1. The number of aryl methyl sites for hydroxylation is 1. The average Bonchev–Trinajstić information content (AvgIpc) is 3.31. The van der Waals surface area contributed by atoms with Gasteiger partial charge in [-0.3, -0.25) is 4.79 Å². The molecule has 0 radical (unpaired) electrons. The van der Waals surface area contributed by atoms with Gasteiger partial charge in [0, 0.05) is 30.2 Å². The molecule has 0 bridgehead atoms. The van der Waals surface area contributed by atoms with Gasteiger partial charge in [0.15, 0.2) is 0 Å². The van der Waals surface area contributed by atoms with Crippen LogP contribution in [0.3, 0.4) is 0 Å². The average molecular weight is 524 g/mol. The summed E-state index contributed by atoms with van der Waals surface area (Å²) >= 11 is 0. The van der Waals surface area contributed by atoms with Crippen LogP contribution >= 0.6 is 0 Å². The van der Waals surface area contributed by atoms with E-state index in [9.17, 15) is 17.6 Å². The first-order valence-corrected chi connectivity index (χ1v) is 13.6. The first-order chi connectivity index (χ1) is 17.9. The first-order valence-electron chi connectivity index (χ1n) is 12.1. The highest BCUT2D eigenvalue weighted by Gasteiger charge is 2.14. The van der Waals surface area contributed by atoms with E-state index in [1.807, 2.05) is 30.5 Å². The Balaban J connectivity index is 1.14. The number of ether oxygens (including phenoxy) is 1. The molecule has 0 atom stereocenters. The van der Waals surface area contributed by atoms with Crippen molar-refractivity contribution in [1.82, 2.24) is 15.0 Å². The normalized spacial score (nSPS) is 11.6. The summed E-state index contributed by atoms with van der Waals surface area (Å²) in [5.41, 5.74) is 3.88. The van der Waals surface area contributed by atoms with Crippen molar-refractivity contribution in [3.8, 4) is 0 Å². The van der Waals surface area contributed by atoms with E-state index >= 15 is 0 Å². The van der Waals surface area contributed by atoms with Gasteiger partial charge in [0.25, 0.3) is 0 Å². The van der Waals surface area contributed by atoms with Crippen LogP contribution in [-0.4, -0.2) is 39.0 Å². The summed E-state index contributed by atoms with van der Waals surface area (Å²) in [6.07, 6.45) is 3.91. The number of nitrogens with one attached hydrogen (secondary N) is 3. The fourth-order valence-corrected chi connectivity index (χ4v) is 5.02. The lowest BCUT2D eigenvalue weighted by Gasteiger charge is -2.09. The zero-order chi connectivity index (χ0) is 26.1. The number of carbonyl (C=O) groups excluding carboxylic acids is 1. The minimum Gasteiger partial charge on any atom is -0.367 e. The third kappa shape index (κ3) is 7.72. The van der Waals surface area contributed by atoms with E-state index < -0.39 is 10.0 Å². The highest BCUT2D eigenvalue weighted by Crippen LogP contribution is 2.18. The molecule has 3 N–H and O–H groups in total. The lowest BCUT2D eigenvalue weighted by molar-refractivity contribution is -0.126. The third-order valence-corrected chi connectivity index (χ3v) is 7.45. The molecule has 0 aliphatic heterocycles. The molecule has 1 aromatic heterocycles. The van der Waals surface area contributed by atoms with Gasteiger partial charge < -0.3 is 15.0 Å². The van der Waals surface area contributed by atoms with Crippen LogP contribution in [0.15, 0.2) is 83.9 Å². The first kappa shape index (κ1) is 26.5. The maximum atomic E-state index is 12.9. The molecule has 0 aliphatic rings. The number of hydrogen-bond donors (Lipinski definition) is 3. The quantitative estimate of drug-likeness (QED) is 0.230. The molecule has 0 unspecified atom stereocenters. The van der Waals surface area contributed by atoms with Crippen LogP contribution < -0.4 is 10.0 Å². The lowest BCUT2D eigenvalue weighted by Crippen LogP contribution is -2.28. The Kier molecular flexibility index (Phi) is 9.05. The standard InChI is InChI=1S/C28H30FN3O4S/c29-24-11-7-22(8-12-24)19-36-20-28(33)30-16-3-4-21-9-13-25(14-10-21)37(34,35)32-17-15-23-18-31-27-6-2-1-5-26(23)27/h1-2,5-14,18,31-32H,3-4,15-17,19-20H2,(H,30,33). The van der Waals surface area contributed by atoms with Crippen LogP contribution in [0.25, 0.3) is 10.9 Å². The molecule has 9 heteroatoms. The maximum Gasteiger partial charge on any atom is 0.246 e. The number of hydrogen-bond acceptors (Lipinski definition) is 4. The van der Waals surface area contributed by atoms with Crippen molar-refractivity contribution in [2.45, 2.75) is 30.8 Å². The van der Waals surface area contributed by atoms with E-state index in [0.717, 1.165) is 27.6 Å². The molecule has 0 saturated heterocycles. The molecule has 194 valence electrons. The lowest BCUT2D eigenvalue weighted by atomic mass is 10.1. The van der Waals surface area contributed by atoms with Gasteiger partial charge in [-0.05, 0) is 66.3 Å². The van der Waals surface area contributed by atoms with E-state index in [2.05, 4.69) is 15.0 Å². The monoisotopic (exact) mass is 523 g/mol. The smallest absolute Gasteiger partial charge is 0.246 e. The van der Waals surface area contributed by atoms with Gasteiger partial charge >= 0.3 is 0 Å². The van der Waals surface area contributed by atoms with Crippen molar-refractivity contribution in [2.75, 3.05) is 19.7 Å². The molecule has 37 heavy (non-hydrogen) atoms. The van der Waals surface area contributed by atoms with Gasteiger partial charge in [-0.2, -0.15) is 0 Å². The minimum atomic E-state index is -3.60. The second-order valence-corrected chi connectivity index (χ2v) is 10.5. The molecule has 1 amide bonds. The number of H-pyrrole nitrogens is 1. The number of aromatic amines is 1. The van der Waals surface area contributed by atoms with Crippen molar-refractivity contribution < 1.29 is 22.3 Å². The van der Waals surface area contributed by atoms with E-state index in [4.69, 9.17) is 4.74 Å². The zero-order valence-corrected chi connectivity index (χ0v) is 21.2. The minimum absolute atomic E-state index is 0.0722. The van der Waals surface area contributed by atoms with Crippen LogP contribution in [0.5, 0.6) is 0 Å². The number of halogens is 1. The van der Waals surface area contributed by atoms with Gasteiger partial charge in [0.2, 0.25) is 15.9 Å². The SMILES string of the molecule is O=C(COCc1ccc(F)cc1)NCCCc1ccc(S(=O)(=O)NCCc2c[nH]c3ccccc23)cc1. The third-order valence-electron chi connectivity index (χ3n) is 5.97. The van der Waals surface area contributed by atoms with E-state index in [1.165, 1.54) is 12.1 Å². The van der Waals surface area contributed by atoms with Gasteiger partial charge in [0.05, 0.1) is 11.5 Å². The molecule has 0 aliphatic carbocycles. The molecule has 4 aromatic rings. The summed E-state index contributed by atoms with van der Waals surface area (Å²) in [6, 6.07) is 20.7. The molecular weight excluding hydrogens is 493 g/mol. The topological polar surface area (TPSA) is 100 Å². The maximum absolute atomic E-state index is 12.9. The summed E-state index contributed by atoms with van der Waals surface area (Å²) in [5, 5.41) is 3.89. The van der Waals surface area contributed by atoms with Crippen LogP contribution in [0.2, 0.25) is 0 Å². The van der Waals surface area contributed by atoms with E-state index in [1.54, 1.807) is 36.4 Å². The largest absolute Gasteiger partial charge is 0.367 e. The van der Waals surface area contributed by atoms with E-state index in [0.29, 0.717) is 32.4 Å². The Hall–Kier alpha value is -3.53. The fraction of sp³-hybridized carbons (Fsp3) is 0.250. The van der Waals surface area contributed by atoms with Crippen molar-refractivity contribution >= 4 is 26.8 Å². The van der Waals surface area contributed by atoms with Crippen LogP contribution in [0, 0.1) is 5.82 Å². The Bertz CT molecular complexity index is 1420. The van der Waals surface area contributed by atoms with Crippen LogP contribution in [0.4, 0.5) is 4.39 Å². The number of para-hydroxylation sites is 1. The van der Waals surface area contributed by atoms with Gasteiger partial charge in [-0.1, -0.05) is 42.5 Å². The van der Waals surface area contributed by atoms with Crippen molar-refractivity contribution in [2.24, 2.45) is 0 Å². The summed E-state index contributed by atoms with van der Waals surface area (Å²) in [5.74, 6) is -0.533. The van der Waals surface area contributed by atoms with Crippen LogP contribution in [0.1, 0.15) is 23.1 Å². The molecule has 3 aromatic carbocycles. The summed E-state index contributed by atoms with van der Waals surface area (Å²) in [6.45, 7) is 0.950. The summed E-state index contributed by atoms with van der Waals surface area (Å²) in [7, 11) is -3.60. The summed E-state index contributed by atoms with van der Waals surface area (Å²) < 4.78 is 46.3. The van der Waals surface area contributed by atoms with Gasteiger partial charge in [-0.15, -0.1) is 0 Å². The Morgan fingerprint density at radius 2 is 1.62 bits per heavy atom. The van der Waals surface area contributed by atoms with Crippen molar-refractivity contribution in [3.63, 3.8) is 0 Å². The molecule has 7 nitrogen and oxygen atoms in total. The number of carbonyl (C=O) groups is 1. The fourth-order valence-electron chi connectivity index (χ4n) is 3.99. The predicted octanol–water partition coefficient (Wildman–Crippen LogP) is 4.09. The molecule has 0 saturated carbocycles. The number of rotatable bonds is 13. The summed E-state index contributed by atoms with van der Waals surface area (Å²) in [4.78, 5) is 15.3. The van der Waals surface area contributed by atoms with Gasteiger partial charge in [0.1, 0.15) is 12.4 Å². The Labute approximate surface area is 216 Å². The zero-order valence-electron chi connectivity index (χ0n) is 20.4. The second-order valence-electron chi connectivity index (χ2n) is 8.72. The highest BCUT2D eigenvalue weighted by molar-refractivity contribution is 7.89. The predicted molar refractivity (Wildman–Crippen MR) is 141 cm³/mol. The van der Waals surface area contributed by atoms with E-state index in [-0.39, 0.29) is 29.8 Å². The van der Waals surface area contributed by atoms with Crippen molar-refractivity contribution in [3.05, 3.63) is 102 Å². The number of sulfonamides is 1. The Morgan fingerprint density at radius 1 is 0.892 bits per heavy atom. The number of aromatic nitrogens is 1. The van der Waals surface area contributed by atoms with Gasteiger partial charge in [-0.25, -0.2) is 17.5 Å². The van der Waals surface area contributed by atoms with Crippen LogP contribution in [-0.2, 0) is 39.0 Å². The second kappa shape index (κ2) is 12.6. The molecule has 4 rings (SSSR count). The molecular formula is C28H30FN3O4S.